The van der Waals surface area contributed by atoms with E-state index in [1.54, 1.807) is 11.8 Å². The third-order valence-electron chi connectivity index (χ3n) is 7.45. The van der Waals surface area contributed by atoms with E-state index in [2.05, 4.69) is 30.1 Å². The number of nitriles is 1. The quantitative estimate of drug-likeness (QED) is 0.567. The Morgan fingerprint density at radius 3 is 2.61 bits per heavy atom. The Kier molecular flexibility index (Phi) is 5.22. The zero-order valence-corrected chi connectivity index (χ0v) is 19.1. The average Bonchev–Trinajstić information content (AvgIpc) is 3.16. The molecule has 1 spiro atoms. The number of anilines is 1. The van der Waals surface area contributed by atoms with Gasteiger partial charge in [-0.2, -0.15) is 5.26 Å². The number of nitrogens with zero attached hydrogens (tertiary/aromatic N) is 2. The lowest BCUT2D eigenvalue weighted by molar-refractivity contribution is -0.114. The molecule has 2 heterocycles. The first-order valence-corrected chi connectivity index (χ1v) is 12.3. The van der Waals surface area contributed by atoms with Gasteiger partial charge in [-0.15, -0.1) is 0 Å². The van der Waals surface area contributed by atoms with E-state index in [-0.39, 0.29) is 5.91 Å². The fourth-order valence-electron chi connectivity index (χ4n) is 5.80. The van der Waals surface area contributed by atoms with E-state index in [1.165, 1.54) is 23.4 Å². The minimum atomic E-state index is -0.475. The highest BCUT2D eigenvalue weighted by Crippen LogP contribution is 2.61. The summed E-state index contributed by atoms with van der Waals surface area (Å²) in [5.74, 6) is 0.579. The number of allylic oxidation sites excluding steroid dienone is 4. The predicted octanol–water partition coefficient (Wildman–Crippen LogP) is 6.68. The highest BCUT2D eigenvalue weighted by Gasteiger charge is 2.52. The van der Waals surface area contributed by atoms with E-state index in [4.69, 9.17) is 0 Å². The minimum Gasteiger partial charge on any atom is -0.322 e. The van der Waals surface area contributed by atoms with Crippen LogP contribution in [0.1, 0.15) is 65.2 Å². The number of fused-ring (bicyclic) bond motifs is 2. The molecule has 0 bridgehead atoms. The Hall–Kier alpha value is -2.45. The molecule has 1 amide bonds. The summed E-state index contributed by atoms with van der Waals surface area (Å²) < 4.78 is 0. The van der Waals surface area contributed by atoms with E-state index >= 15 is 0 Å². The number of hydrogen-bond donors (Lipinski definition) is 1. The van der Waals surface area contributed by atoms with Gasteiger partial charge in [-0.1, -0.05) is 36.9 Å². The molecule has 0 saturated heterocycles. The molecule has 1 aromatic carbocycles. The van der Waals surface area contributed by atoms with Crippen molar-refractivity contribution in [3.63, 3.8) is 0 Å². The van der Waals surface area contributed by atoms with Crippen LogP contribution in [0.5, 0.6) is 0 Å². The van der Waals surface area contributed by atoms with Crippen molar-refractivity contribution in [3.8, 4) is 6.07 Å². The van der Waals surface area contributed by atoms with Crippen LogP contribution in [0.2, 0.25) is 0 Å². The Balaban J connectivity index is 1.65. The third-order valence-corrected chi connectivity index (χ3v) is 8.71. The maximum absolute atomic E-state index is 13.8. The summed E-state index contributed by atoms with van der Waals surface area (Å²) >= 11 is 1.80. The van der Waals surface area contributed by atoms with Crippen molar-refractivity contribution in [1.29, 1.82) is 5.26 Å². The maximum atomic E-state index is 13.8. The van der Waals surface area contributed by atoms with Gasteiger partial charge in [0.1, 0.15) is 0 Å². The normalized spacial score (nSPS) is 27.9. The highest BCUT2D eigenvalue weighted by atomic mass is 32.2. The second-order valence-corrected chi connectivity index (χ2v) is 10.4. The van der Waals surface area contributed by atoms with Crippen molar-refractivity contribution in [2.24, 2.45) is 11.3 Å². The van der Waals surface area contributed by atoms with Crippen LogP contribution in [-0.2, 0) is 4.79 Å². The summed E-state index contributed by atoms with van der Waals surface area (Å²) in [5, 5.41) is 14.6. The van der Waals surface area contributed by atoms with E-state index in [0.29, 0.717) is 5.92 Å². The largest absolute Gasteiger partial charge is 0.322 e. The first-order chi connectivity index (χ1) is 15.0. The lowest BCUT2D eigenvalue weighted by atomic mass is 9.61. The van der Waals surface area contributed by atoms with Gasteiger partial charge < -0.3 is 10.2 Å². The Morgan fingerprint density at radius 1 is 1.19 bits per heavy atom. The fraction of sp³-hybridized carbons (Fsp3) is 0.462. The molecule has 160 valence electrons. The van der Waals surface area contributed by atoms with Gasteiger partial charge in [0, 0.05) is 33.0 Å². The molecule has 2 aliphatic heterocycles. The Labute approximate surface area is 189 Å². The van der Waals surface area contributed by atoms with Gasteiger partial charge in [0.2, 0.25) is 0 Å². The van der Waals surface area contributed by atoms with Gasteiger partial charge in [-0.05, 0) is 76.3 Å². The number of rotatable bonds is 2. The number of thioether (sulfide) groups is 1. The van der Waals surface area contributed by atoms with Gasteiger partial charge in [0.25, 0.3) is 5.91 Å². The molecule has 1 saturated carbocycles. The van der Waals surface area contributed by atoms with Crippen LogP contribution in [0, 0.1) is 22.7 Å². The fourth-order valence-corrected chi connectivity index (χ4v) is 7.28. The molecular weight excluding hydrogens is 402 g/mol. The molecule has 1 fully saturated rings. The number of carbonyl (C=O) groups excluding carboxylic acids is 1. The van der Waals surface area contributed by atoms with E-state index in [0.717, 1.165) is 66.1 Å². The zero-order valence-electron chi connectivity index (χ0n) is 18.3. The van der Waals surface area contributed by atoms with Gasteiger partial charge in [0.15, 0.2) is 0 Å². The number of benzene rings is 1. The molecule has 0 unspecified atom stereocenters. The van der Waals surface area contributed by atoms with Crippen LogP contribution in [0.25, 0.3) is 0 Å². The first kappa shape index (κ1) is 20.5. The average molecular weight is 432 g/mol. The van der Waals surface area contributed by atoms with E-state index in [1.807, 2.05) is 30.3 Å². The zero-order chi connectivity index (χ0) is 21.6. The monoisotopic (exact) mass is 431 g/mol. The second-order valence-electron chi connectivity index (χ2n) is 9.35. The molecule has 5 heteroatoms. The molecule has 2 aliphatic carbocycles. The standard InChI is InChI=1S/C26H29N3OS/c1-17-12-14-26(15-13-17)20(16-27)25-29(21-10-6-7-11-22(21)31-25)18(2)23(26)24(30)28-19-8-4-3-5-9-19/h3-5,8-9,17H,6-7,10-15H2,1-2H3,(H,28,30). The molecule has 0 radical (unpaired) electrons. The van der Waals surface area contributed by atoms with Crippen LogP contribution >= 0.6 is 11.8 Å². The number of amides is 1. The lowest BCUT2D eigenvalue weighted by Crippen LogP contribution is -2.42. The molecule has 0 aromatic heterocycles. The molecule has 0 atom stereocenters. The van der Waals surface area contributed by atoms with Crippen molar-refractivity contribution < 1.29 is 4.79 Å². The summed E-state index contributed by atoms with van der Waals surface area (Å²) in [7, 11) is 0. The molecule has 4 nitrogen and oxygen atoms in total. The van der Waals surface area contributed by atoms with Gasteiger partial charge in [-0.25, -0.2) is 0 Å². The summed E-state index contributed by atoms with van der Waals surface area (Å²) in [5.41, 5.74) is 4.30. The topological polar surface area (TPSA) is 56.1 Å². The SMILES string of the molecule is CC1=C(C(=O)Nc2ccccc2)C2(CCC(C)CC2)C(C#N)=C2SC3=C(CCCC3)N12. The maximum Gasteiger partial charge on any atom is 0.254 e. The van der Waals surface area contributed by atoms with Crippen LogP contribution in [-0.4, -0.2) is 10.8 Å². The van der Waals surface area contributed by atoms with Crippen molar-refractivity contribution >= 4 is 23.4 Å². The van der Waals surface area contributed by atoms with Crippen molar-refractivity contribution in [2.75, 3.05) is 5.32 Å². The number of hydrogen-bond acceptors (Lipinski definition) is 4. The lowest BCUT2D eigenvalue weighted by Gasteiger charge is -2.46. The Bertz CT molecular complexity index is 1050. The highest BCUT2D eigenvalue weighted by molar-refractivity contribution is 8.07. The van der Waals surface area contributed by atoms with Crippen LogP contribution < -0.4 is 5.32 Å². The van der Waals surface area contributed by atoms with Gasteiger partial charge >= 0.3 is 0 Å². The van der Waals surface area contributed by atoms with Crippen LogP contribution in [0.15, 0.2) is 62.8 Å². The first-order valence-electron chi connectivity index (χ1n) is 11.5. The molecule has 31 heavy (non-hydrogen) atoms. The third kappa shape index (κ3) is 3.24. The number of nitrogens with one attached hydrogen (secondary N) is 1. The second kappa shape index (κ2) is 7.91. The molecule has 5 rings (SSSR count). The predicted molar refractivity (Wildman–Crippen MR) is 125 cm³/mol. The number of para-hydroxylation sites is 1. The molecule has 1 aromatic rings. The Morgan fingerprint density at radius 2 is 1.90 bits per heavy atom. The van der Waals surface area contributed by atoms with Gasteiger partial charge in [-0.3, -0.25) is 4.79 Å². The van der Waals surface area contributed by atoms with Crippen molar-refractivity contribution in [1.82, 2.24) is 4.90 Å². The summed E-state index contributed by atoms with van der Waals surface area (Å²) in [6.45, 7) is 4.38. The molecule has 4 aliphatic rings. The smallest absolute Gasteiger partial charge is 0.254 e. The van der Waals surface area contributed by atoms with E-state index in [9.17, 15) is 10.1 Å². The summed E-state index contributed by atoms with van der Waals surface area (Å²) in [6.07, 6.45) is 8.33. The van der Waals surface area contributed by atoms with Crippen molar-refractivity contribution in [2.45, 2.75) is 65.2 Å². The van der Waals surface area contributed by atoms with Crippen molar-refractivity contribution in [3.05, 3.63) is 62.8 Å². The van der Waals surface area contributed by atoms with E-state index < -0.39 is 5.41 Å². The number of carbonyl (C=O) groups is 1. The molecular formula is C26H29N3OS. The van der Waals surface area contributed by atoms with Crippen LogP contribution in [0.4, 0.5) is 5.69 Å². The molecule has 1 N–H and O–H groups in total. The summed E-state index contributed by atoms with van der Waals surface area (Å²) in [6, 6.07) is 12.3. The van der Waals surface area contributed by atoms with Gasteiger partial charge in [0.05, 0.1) is 16.7 Å². The minimum absolute atomic E-state index is 0.0556. The summed E-state index contributed by atoms with van der Waals surface area (Å²) in [4.78, 5) is 17.5. The van der Waals surface area contributed by atoms with Crippen LogP contribution in [0.3, 0.4) is 0 Å².